The van der Waals surface area contributed by atoms with E-state index in [0.29, 0.717) is 6.42 Å². The summed E-state index contributed by atoms with van der Waals surface area (Å²) in [5, 5.41) is 11.9. The number of carbonyl (C=O) groups is 1. The van der Waals surface area contributed by atoms with E-state index in [-0.39, 0.29) is 0 Å². The van der Waals surface area contributed by atoms with E-state index in [0.717, 1.165) is 17.7 Å². The molecule has 1 unspecified atom stereocenters. The van der Waals surface area contributed by atoms with Crippen LogP contribution in [0.3, 0.4) is 0 Å². The molecule has 0 saturated heterocycles. The lowest BCUT2D eigenvalue weighted by atomic mass is 9.97. The van der Waals surface area contributed by atoms with Crippen molar-refractivity contribution in [1.82, 2.24) is 0 Å². The molecule has 0 saturated carbocycles. The predicted octanol–water partition coefficient (Wildman–Crippen LogP) is 1.81. The quantitative estimate of drug-likeness (QED) is 0.711. The number of carboxylic acids is 1. The molecule has 2 N–H and O–H groups in total. The van der Waals surface area contributed by atoms with E-state index >= 15 is 0 Å². The Morgan fingerprint density at radius 3 is 3.07 bits per heavy atom. The third kappa shape index (κ3) is 1.58. The number of anilines is 1. The zero-order valence-corrected chi connectivity index (χ0v) is 8.08. The second-order valence-corrected chi connectivity index (χ2v) is 3.73. The summed E-state index contributed by atoms with van der Waals surface area (Å²) in [6.07, 6.45) is 1.52. The number of aryl methyl sites for hydroxylation is 2. The van der Waals surface area contributed by atoms with Gasteiger partial charge in [-0.1, -0.05) is 12.1 Å². The minimum absolute atomic E-state index is 0.427. The standard InChI is InChI=1S/C11H13NO2/c1-7-2-3-8-4-5-9(11(13)14)12-10(8)6-7/h2-3,6,9,12H,4-5H2,1H3,(H,13,14). The highest BCUT2D eigenvalue weighted by molar-refractivity contribution is 5.78. The number of carboxylic acid groups (broad SMARTS) is 1. The molecule has 1 aromatic rings. The molecule has 1 atom stereocenters. The van der Waals surface area contributed by atoms with Gasteiger partial charge in [0.2, 0.25) is 0 Å². The zero-order valence-electron chi connectivity index (χ0n) is 8.08. The molecule has 0 aliphatic carbocycles. The normalized spacial score (nSPS) is 19.6. The molecule has 1 aliphatic heterocycles. The molecule has 0 radical (unpaired) electrons. The summed E-state index contributed by atoms with van der Waals surface area (Å²) in [7, 11) is 0. The second kappa shape index (κ2) is 3.33. The number of benzene rings is 1. The number of hydrogen-bond acceptors (Lipinski definition) is 2. The SMILES string of the molecule is Cc1ccc2c(c1)NC(C(=O)O)CC2. The Morgan fingerprint density at radius 2 is 2.36 bits per heavy atom. The topological polar surface area (TPSA) is 49.3 Å². The molecule has 3 nitrogen and oxygen atoms in total. The second-order valence-electron chi connectivity index (χ2n) is 3.73. The van der Waals surface area contributed by atoms with Gasteiger partial charge in [0.1, 0.15) is 6.04 Å². The van der Waals surface area contributed by atoms with Crippen LogP contribution in [0.5, 0.6) is 0 Å². The molecule has 1 aliphatic rings. The molecule has 0 aromatic heterocycles. The molecule has 3 heteroatoms. The van der Waals surface area contributed by atoms with Crippen molar-refractivity contribution in [3.8, 4) is 0 Å². The van der Waals surface area contributed by atoms with Gasteiger partial charge in [-0.25, -0.2) is 4.79 Å². The molecule has 0 bridgehead atoms. The van der Waals surface area contributed by atoms with Crippen molar-refractivity contribution in [2.24, 2.45) is 0 Å². The Labute approximate surface area is 82.8 Å². The van der Waals surface area contributed by atoms with Crippen LogP contribution in [0.15, 0.2) is 18.2 Å². The molecule has 2 rings (SSSR count). The minimum atomic E-state index is -0.767. The van der Waals surface area contributed by atoms with Gasteiger partial charge in [-0.2, -0.15) is 0 Å². The van der Waals surface area contributed by atoms with Crippen LogP contribution in [0.2, 0.25) is 0 Å². The summed E-state index contributed by atoms with van der Waals surface area (Å²) in [5.41, 5.74) is 3.35. The Bertz CT molecular complexity index is 374. The van der Waals surface area contributed by atoms with Crippen molar-refractivity contribution >= 4 is 11.7 Å². The van der Waals surface area contributed by atoms with Crippen molar-refractivity contribution in [1.29, 1.82) is 0 Å². The molecule has 0 amide bonds. The average Bonchev–Trinajstić information content (AvgIpc) is 2.16. The zero-order chi connectivity index (χ0) is 10.1. The molecule has 14 heavy (non-hydrogen) atoms. The van der Waals surface area contributed by atoms with Crippen molar-refractivity contribution in [3.05, 3.63) is 29.3 Å². The first-order valence-electron chi connectivity index (χ1n) is 4.75. The highest BCUT2D eigenvalue weighted by Gasteiger charge is 2.22. The van der Waals surface area contributed by atoms with Crippen molar-refractivity contribution in [2.75, 3.05) is 5.32 Å². The third-order valence-corrected chi connectivity index (χ3v) is 2.60. The number of nitrogens with one attached hydrogen (secondary N) is 1. The molecule has 1 aromatic carbocycles. The van der Waals surface area contributed by atoms with Crippen molar-refractivity contribution in [3.63, 3.8) is 0 Å². The van der Waals surface area contributed by atoms with Gasteiger partial charge in [-0.15, -0.1) is 0 Å². The third-order valence-electron chi connectivity index (χ3n) is 2.60. The molecule has 74 valence electrons. The van der Waals surface area contributed by atoms with Crippen LogP contribution in [0, 0.1) is 6.92 Å². The smallest absolute Gasteiger partial charge is 0.326 e. The van der Waals surface area contributed by atoms with Gasteiger partial charge in [0.25, 0.3) is 0 Å². The maximum Gasteiger partial charge on any atom is 0.326 e. The molecule has 0 spiro atoms. The summed E-state index contributed by atoms with van der Waals surface area (Å²) in [6.45, 7) is 2.01. The molecule has 1 heterocycles. The van der Waals surface area contributed by atoms with E-state index in [1.165, 1.54) is 5.56 Å². The highest BCUT2D eigenvalue weighted by Crippen LogP contribution is 2.25. The van der Waals surface area contributed by atoms with Gasteiger partial charge < -0.3 is 10.4 Å². The van der Waals surface area contributed by atoms with E-state index in [2.05, 4.69) is 17.4 Å². The molecular formula is C11H13NO2. The van der Waals surface area contributed by atoms with Crippen molar-refractivity contribution < 1.29 is 9.90 Å². The number of fused-ring (bicyclic) bond motifs is 1. The van der Waals surface area contributed by atoms with Crippen LogP contribution in [-0.2, 0) is 11.2 Å². The fourth-order valence-corrected chi connectivity index (χ4v) is 1.79. The average molecular weight is 191 g/mol. The van der Waals surface area contributed by atoms with E-state index < -0.39 is 12.0 Å². The summed E-state index contributed by atoms with van der Waals surface area (Å²) in [4.78, 5) is 10.8. The Hall–Kier alpha value is -1.51. The predicted molar refractivity (Wildman–Crippen MR) is 54.5 cm³/mol. The number of hydrogen-bond donors (Lipinski definition) is 2. The van der Waals surface area contributed by atoms with Gasteiger partial charge >= 0.3 is 5.97 Å². The molecular weight excluding hydrogens is 178 g/mol. The first kappa shape index (κ1) is 9.06. The Balaban J connectivity index is 2.29. The maximum absolute atomic E-state index is 10.8. The Morgan fingerprint density at radius 1 is 1.57 bits per heavy atom. The fourth-order valence-electron chi connectivity index (χ4n) is 1.79. The number of aliphatic carboxylic acids is 1. The van der Waals surface area contributed by atoms with Crippen molar-refractivity contribution in [2.45, 2.75) is 25.8 Å². The monoisotopic (exact) mass is 191 g/mol. The van der Waals surface area contributed by atoms with E-state index in [1.807, 2.05) is 13.0 Å². The van der Waals surface area contributed by atoms with Crippen LogP contribution in [0.4, 0.5) is 5.69 Å². The van der Waals surface area contributed by atoms with E-state index in [4.69, 9.17) is 5.11 Å². The lowest BCUT2D eigenvalue weighted by molar-refractivity contribution is -0.138. The van der Waals surface area contributed by atoms with Crippen LogP contribution in [0.25, 0.3) is 0 Å². The van der Waals surface area contributed by atoms with Gasteiger partial charge in [0.05, 0.1) is 0 Å². The van der Waals surface area contributed by atoms with E-state index in [1.54, 1.807) is 0 Å². The van der Waals surface area contributed by atoms with Gasteiger partial charge in [-0.05, 0) is 37.0 Å². The fraction of sp³-hybridized carbons (Fsp3) is 0.364. The summed E-state index contributed by atoms with van der Waals surface area (Å²) in [5.74, 6) is -0.767. The van der Waals surface area contributed by atoms with Gasteiger partial charge in [0, 0.05) is 5.69 Å². The Kier molecular flexibility index (Phi) is 2.15. The molecule has 0 fully saturated rings. The van der Waals surface area contributed by atoms with Gasteiger partial charge in [0.15, 0.2) is 0 Å². The maximum atomic E-state index is 10.8. The first-order valence-corrected chi connectivity index (χ1v) is 4.75. The lowest BCUT2D eigenvalue weighted by Gasteiger charge is -2.24. The largest absolute Gasteiger partial charge is 0.480 e. The summed E-state index contributed by atoms with van der Waals surface area (Å²) < 4.78 is 0. The van der Waals surface area contributed by atoms with E-state index in [9.17, 15) is 4.79 Å². The lowest BCUT2D eigenvalue weighted by Crippen LogP contribution is -2.33. The van der Waals surface area contributed by atoms with Gasteiger partial charge in [-0.3, -0.25) is 0 Å². The summed E-state index contributed by atoms with van der Waals surface area (Å²) >= 11 is 0. The number of rotatable bonds is 1. The minimum Gasteiger partial charge on any atom is -0.480 e. The first-order chi connectivity index (χ1) is 6.66. The van der Waals surface area contributed by atoms with Crippen LogP contribution >= 0.6 is 0 Å². The van der Waals surface area contributed by atoms with Crippen LogP contribution in [-0.4, -0.2) is 17.1 Å². The van der Waals surface area contributed by atoms with Crippen LogP contribution < -0.4 is 5.32 Å². The van der Waals surface area contributed by atoms with Crippen LogP contribution in [0.1, 0.15) is 17.5 Å². The summed E-state index contributed by atoms with van der Waals surface area (Å²) in [6, 6.07) is 5.70. The highest BCUT2D eigenvalue weighted by atomic mass is 16.4.